The van der Waals surface area contributed by atoms with Crippen molar-refractivity contribution >= 4 is 12.4 Å². The molecular formula is C14H22N6O4. The Hall–Kier alpha value is -2.75. The second-order valence-corrected chi connectivity index (χ2v) is 5.10. The predicted molar refractivity (Wildman–Crippen MR) is 83.7 cm³/mol. The van der Waals surface area contributed by atoms with Gasteiger partial charge in [-0.2, -0.15) is 5.10 Å². The summed E-state index contributed by atoms with van der Waals surface area (Å²) in [5.74, 6) is 0.520. The fraction of sp³-hybridized carbons (Fsp3) is 0.500. The van der Waals surface area contributed by atoms with Gasteiger partial charge in [0.05, 0.1) is 37.5 Å². The maximum absolute atomic E-state index is 12.5. The molecule has 1 atom stereocenters. The molecule has 0 aromatic carbocycles. The van der Waals surface area contributed by atoms with Gasteiger partial charge in [-0.3, -0.25) is 14.3 Å². The Morgan fingerprint density at radius 2 is 2.25 bits per heavy atom. The monoisotopic (exact) mass is 338 g/mol. The average Bonchev–Trinajstić information content (AvgIpc) is 3.19. The number of amides is 1. The second kappa shape index (κ2) is 10.1. The number of aryl methyl sites for hydroxylation is 1. The van der Waals surface area contributed by atoms with Gasteiger partial charge in [0.15, 0.2) is 0 Å². The number of aromatic nitrogens is 5. The molecule has 0 aliphatic rings. The van der Waals surface area contributed by atoms with Crippen LogP contribution in [-0.4, -0.2) is 65.4 Å². The molecule has 24 heavy (non-hydrogen) atoms. The number of imidazole rings is 1. The van der Waals surface area contributed by atoms with E-state index in [0.29, 0.717) is 19.6 Å². The van der Waals surface area contributed by atoms with Crippen molar-refractivity contribution in [1.29, 1.82) is 0 Å². The molecule has 132 valence electrons. The molecule has 1 unspecified atom stereocenters. The van der Waals surface area contributed by atoms with Crippen LogP contribution in [0.25, 0.3) is 0 Å². The molecule has 10 heteroatoms. The lowest BCUT2D eigenvalue weighted by Gasteiger charge is -2.24. The smallest absolute Gasteiger partial charge is 0.290 e. The Bertz CT molecular complexity index is 613. The van der Waals surface area contributed by atoms with Gasteiger partial charge < -0.3 is 20.1 Å². The van der Waals surface area contributed by atoms with E-state index in [4.69, 9.17) is 15.0 Å². The van der Waals surface area contributed by atoms with E-state index in [1.807, 2.05) is 13.8 Å². The molecule has 0 saturated heterocycles. The number of nitrogens with zero attached hydrogens (tertiary/aromatic N) is 5. The molecule has 0 fully saturated rings. The van der Waals surface area contributed by atoms with E-state index < -0.39 is 0 Å². The highest BCUT2D eigenvalue weighted by Gasteiger charge is 2.21. The lowest BCUT2D eigenvalue weighted by Crippen LogP contribution is -2.38. The first-order valence-corrected chi connectivity index (χ1v) is 7.32. The maximum Gasteiger partial charge on any atom is 0.290 e. The van der Waals surface area contributed by atoms with E-state index in [1.54, 1.807) is 22.1 Å². The molecule has 0 aliphatic heterocycles. The number of hydrogen-bond donors (Lipinski definition) is 3. The minimum Gasteiger partial charge on any atom is -0.483 e. The third-order valence-corrected chi connectivity index (χ3v) is 3.15. The number of carboxylic acid groups (broad SMARTS) is 1. The zero-order chi connectivity index (χ0) is 17.9. The van der Waals surface area contributed by atoms with E-state index >= 15 is 0 Å². The Labute approximate surface area is 139 Å². The summed E-state index contributed by atoms with van der Waals surface area (Å²) in [6, 6.07) is 0. The van der Waals surface area contributed by atoms with Crippen LogP contribution in [-0.2, 0) is 22.7 Å². The van der Waals surface area contributed by atoms with Crippen molar-refractivity contribution < 1.29 is 19.8 Å². The van der Waals surface area contributed by atoms with E-state index in [1.165, 1.54) is 6.33 Å². The summed E-state index contributed by atoms with van der Waals surface area (Å²) >= 11 is 0. The highest BCUT2D eigenvalue weighted by atomic mass is 16.3. The van der Waals surface area contributed by atoms with Gasteiger partial charge in [0.2, 0.25) is 5.91 Å². The molecule has 2 rings (SSSR count). The Morgan fingerprint density at radius 1 is 1.54 bits per heavy atom. The van der Waals surface area contributed by atoms with E-state index in [-0.39, 0.29) is 24.9 Å². The zero-order valence-corrected chi connectivity index (χ0v) is 13.7. The summed E-state index contributed by atoms with van der Waals surface area (Å²) in [6.07, 6.45) is 4.73. The quantitative estimate of drug-likeness (QED) is 0.588. The molecule has 3 N–H and O–H groups in total. The van der Waals surface area contributed by atoms with Crippen molar-refractivity contribution in [2.75, 3.05) is 13.2 Å². The van der Waals surface area contributed by atoms with Crippen LogP contribution in [0.2, 0.25) is 0 Å². The molecule has 0 spiro atoms. The topological polar surface area (TPSA) is 137 Å². The molecule has 2 aromatic heterocycles. The number of aliphatic hydroxyl groups excluding tert-OH is 1. The van der Waals surface area contributed by atoms with Gasteiger partial charge >= 0.3 is 0 Å². The first-order valence-electron chi connectivity index (χ1n) is 7.32. The van der Waals surface area contributed by atoms with Crippen LogP contribution in [0.1, 0.15) is 18.4 Å². The third kappa shape index (κ3) is 6.16. The number of aromatic amines is 1. The molecule has 1 amide bonds. The van der Waals surface area contributed by atoms with Crippen LogP contribution < -0.4 is 0 Å². The molecule has 0 saturated carbocycles. The summed E-state index contributed by atoms with van der Waals surface area (Å²) in [5, 5.41) is 20.0. The van der Waals surface area contributed by atoms with Crippen molar-refractivity contribution in [1.82, 2.24) is 29.6 Å². The number of aliphatic hydroxyl groups is 1. The minimum atomic E-state index is -0.250. The van der Waals surface area contributed by atoms with E-state index in [9.17, 15) is 4.79 Å². The van der Waals surface area contributed by atoms with Gasteiger partial charge in [0.25, 0.3) is 6.47 Å². The van der Waals surface area contributed by atoms with Gasteiger partial charge in [-0.25, -0.2) is 9.97 Å². The van der Waals surface area contributed by atoms with Crippen molar-refractivity contribution in [3.63, 3.8) is 0 Å². The van der Waals surface area contributed by atoms with Crippen molar-refractivity contribution in [3.8, 4) is 0 Å². The number of carbonyl (C=O) groups excluding carboxylic acids is 1. The highest BCUT2D eigenvalue weighted by Crippen LogP contribution is 2.09. The minimum absolute atomic E-state index is 0.0354. The Balaban J connectivity index is 0.000000891. The summed E-state index contributed by atoms with van der Waals surface area (Å²) in [4.78, 5) is 33.5. The molecule has 0 aliphatic carbocycles. The lowest BCUT2D eigenvalue weighted by atomic mass is 10.1. The van der Waals surface area contributed by atoms with Gasteiger partial charge in [-0.05, 0) is 6.92 Å². The first-order chi connectivity index (χ1) is 11.5. The van der Waals surface area contributed by atoms with E-state index in [2.05, 4.69) is 20.1 Å². The van der Waals surface area contributed by atoms with Crippen LogP contribution in [0.3, 0.4) is 0 Å². The normalized spacial score (nSPS) is 11.3. The van der Waals surface area contributed by atoms with Gasteiger partial charge in [0, 0.05) is 6.54 Å². The number of H-pyrrole nitrogens is 1. The summed E-state index contributed by atoms with van der Waals surface area (Å²) in [5.41, 5.74) is 0.849. The number of hydrogen-bond acceptors (Lipinski definition) is 6. The lowest BCUT2D eigenvalue weighted by molar-refractivity contribution is -0.136. The molecule has 0 bridgehead atoms. The maximum atomic E-state index is 12.5. The summed E-state index contributed by atoms with van der Waals surface area (Å²) < 4.78 is 1.63. The average molecular weight is 338 g/mol. The third-order valence-electron chi connectivity index (χ3n) is 3.15. The van der Waals surface area contributed by atoms with E-state index in [0.717, 1.165) is 11.5 Å². The Kier molecular flexibility index (Phi) is 8.13. The largest absolute Gasteiger partial charge is 0.483 e. The molecular weight excluding hydrogens is 316 g/mol. The van der Waals surface area contributed by atoms with Crippen LogP contribution in [0.15, 0.2) is 18.9 Å². The fourth-order valence-electron chi connectivity index (χ4n) is 2.14. The fourth-order valence-corrected chi connectivity index (χ4v) is 2.14. The highest BCUT2D eigenvalue weighted by molar-refractivity contribution is 5.78. The standard InChI is InChI=1S/C13H20N6O2.CH2O2/c1-10(6-19-9-14-8-16-19)13(21)18(3-4-20)7-12-5-15-11(2)17-12;2-1-3/h5,8-10,20H,3-4,6-7H2,1-2H3,(H,15,17);1H,(H,2,3). The van der Waals surface area contributed by atoms with Gasteiger partial charge in [-0.15, -0.1) is 0 Å². The summed E-state index contributed by atoms with van der Waals surface area (Å²) in [7, 11) is 0. The molecule has 0 radical (unpaired) electrons. The zero-order valence-electron chi connectivity index (χ0n) is 13.7. The number of rotatable bonds is 7. The van der Waals surface area contributed by atoms with Crippen molar-refractivity contribution in [2.24, 2.45) is 5.92 Å². The van der Waals surface area contributed by atoms with Crippen LogP contribution in [0, 0.1) is 12.8 Å². The van der Waals surface area contributed by atoms with Crippen LogP contribution in [0.4, 0.5) is 0 Å². The van der Waals surface area contributed by atoms with Crippen LogP contribution in [0.5, 0.6) is 0 Å². The number of carbonyl (C=O) groups is 2. The van der Waals surface area contributed by atoms with Crippen LogP contribution >= 0.6 is 0 Å². The van der Waals surface area contributed by atoms with Crippen molar-refractivity contribution in [3.05, 3.63) is 30.4 Å². The second-order valence-electron chi connectivity index (χ2n) is 5.10. The molecule has 2 heterocycles. The molecule has 10 nitrogen and oxygen atoms in total. The number of nitrogens with one attached hydrogen (secondary N) is 1. The van der Waals surface area contributed by atoms with Gasteiger partial charge in [-0.1, -0.05) is 6.92 Å². The summed E-state index contributed by atoms with van der Waals surface area (Å²) in [6.45, 7) is 4.53. The van der Waals surface area contributed by atoms with Crippen molar-refractivity contribution in [2.45, 2.75) is 26.9 Å². The first kappa shape index (κ1) is 19.3. The molecule has 2 aromatic rings. The predicted octanol–water partition coefficient (Wildman–Crippen LogP) is -0.332. The SMILES string of the molecule is Cc1ncc(CN(CCO)C(=O)C(C)Cn2cncn2)[nH]1.O=CO. The Morgan fingerprint density at radius 3 is 2.75 bits per heavy atom. The van der Waals surface area contributed by atoms with Gasteiger partial charge in [0.1, 0.15) is 18.5 Å².